The zero-order valence-electron chi connectivity index (χ0n) is 9.07. The standard InChI is InChI=1S/C12H11O2.ClH.Zn/c1-13-9-14-12-8-4-6-10-5-2-3-7-11(10)12;;/h2-3,5-8H,9H2,1H3;1H;/q-1;;+2/p-1. The van der Waals surface area contributed by atoms with Crippen molar-refractivity contribution in [3.05, 3.63) is 42.5 Å². The molecule has 0 saturated carbocycles. The normalized spacial score (nSPS) is 9.50. The van der Waals surface area contributed by atoms with Crippen LogP contribution in [0.5, 0.6) is 5.75 Å². The molecule has 0 aromatic heterocycles. The van der Waals surface area contributed by atoms with E-state index in [0.717, 1.165) is 33.8 Å². The summed E-state index contributed by atoms with van der Waals surface area (Å²) >= 11 is 0.847. The fraction of sp³-hybridized carbons (Fsp3) is 0.167. The number of rotatable bonds is 3. The molecular weight excluding hydrogens is 277 g/mol. The van der Waals surface area contributed by atoms with Gasteiger partial charge in [0, 0.05) is 12.9 Å². The molecule has 0 unspecified atom stereocenters. The Morgan fingerprint density at radius 1 is 1.25 bits per heavy atom. The average Bonchev–Trinajstić information content (AvgIpc) is 2.38. The second-order valence-electron chi connectivity index (χ2n) is 2.96. The van der Waals surface area contributed by atoms with Gasteiger partial charge in [0.2, 0.25) is 0 Å². The van der Waals surface area contributed by atoms with Crippen LogP contribution in [-0.4, -0.2) is 13.9 Å². The van der Waals surface area contributed by atoms with Gasteiger partial charge in [0.15, 0.2) is 6.79 Å². The third-order valence-electron chi connectivity index (χ3n) is 2.01. The van der Waals surface area contributed by atoms with Crippen LogP contribution in [0.15, 0.2) is 36.4 Å². The molecule has 16 heavy (non-hydrogen) atoms. The summed E-state index contributed by atoms with van der Waals surface area (Å²) < 4.78 is 10.3. The van der Waals surface area contributed by atoms with Crippen LogP contribution in [0.3, 0.4) is 0 Å². The molecule has 0 radical (unpaired) electrons. The van der Waals surface area contributed by atoms with Gasteiger partial charge >= 0.3 is 27.0 Å². The monoisotopic (exact) mass is 286 g/mol. The molecule has 0 aliphatic carbocycles. The van der Waals surface area contributed by atoms with Crippen molar-refractivity contribution in [2.75, 3.05) is 13.9 Å². The Hall–Kier alpha value is -0.627. The molecule has 2 rings (SSSR count). The Kier molecular flexibility index (Phi) is 6.40. The first-order valence-electron chi connectivity index (χ1n) is 4.69. The number of ether oxygens (including phenoxy) is 2. The van der Waals surface area contributed by atoms with E-state index in [1.165, 1.54) is 0 Å². The number of fused-ring (bicyclic) bond motifs is 1. The molecule has 0 atom stereocenters. The topological polar surface area (TPSA) is 18.5 Å². The van der Waals surface area contributed by atoms with Crippen LogP contribution in [0, 0.1) is 6.07 Å². The summed E-state index contributed by atoms with van der Waals surface area (Å²) in [6, 6.07) is 14.8. The van der Waals surface area contributed by atoms with Crippen LogP contribution in [0.1, 0.15) is 0 Å². The molecule has 4 heteroatoms. The van der Waals surface area contributed by atoms with Crippen molar-refractivity contribution in [1.82, 2.24) is 0 Å². The predicted molar refractivity (Wildman–Crippen MR) is 61.1 cm³/mol. The van der Waals surface area contributed by atoms with E-state index >= 15 is 0 Å². The molecule has 0 N–H and O–H groups in total. The van der Waals surface area contributed by atoms with E-state index in [2.05, 4.69) is 6.07 Å². The fourth-order valence-corrected chi connectivity index (χ4v) is 1.37. The first-order valence-corrected chi connectivity index (χ1v) is 8.59. The van der Waals surface area contributed by atoms with Crippen molar-refractivity contribution in [3.63, 3.8) is 0 Å². The third-order valence-corrected chi connectivity index (χ3v) is 2.01. The van der Waals surface area contributed by atoms with Crippen LogP contribution in [0.4, 0.5) is 0 Å². The summed E-state index contributed by atoms with van der Waals surface area (Å²) in [7, 11) is 6.37. The molecule has 0 aliphatic heterocycles. The average molecular weight is 288 g/mol. The Morgan fingerprint density at radius 2 is 2.00 bits per heavy atom. The minimum atomic E-state index is 0.266. The number of hydrogen-bond donors (Lipinski definition) is 0. The Labute approximate surface area is 109 Å². The van der Waals surface area contributed by atoms with Gasteiger partial charge in [-0.2, -0.15) is 12.1 Å². The number of methoxy groups -OCH3 is 1. The zero-order valence-corrected chi connectivity index (χ0v) is 12.8. The van der Waals surface area contributed by atoms with E-state index < -0.39 is 0 Å². The van der Waals surface area contributed by atoms with Gasteiger partial charge in [0.05, 0.1) is 0 Å². The van der Waals surface area contributed by atoms with Crippen LogP contribution in [-0.2, 0) is 22.0 Å². The van der Waals surface area contributed by atoms with Crippen LogP contribution < -0.4 is 4.74 Å². The van der Waals surface area contributed by atoms with Crippen molar-refractivity contribution >= 4 is 20.5 Å². The molecule has 2 aromatic carbocycles. The van der Waals surface area contributed by atoms with E-state index in [1.54, 1.807) is 7.11 Å². The Bertz CT molecular complexity index is 429. The molecule has 0 spiro atoms. The second kappa shape index (κ2) is 7.61. The van der Waals surface area contributed by atoms with Gasteiger partial charge in [-0.25, -0.2) is 0 Å². The van der Waals surface area contributed by atoms with Crippen LogP contribution >= 0.6 is 9.69 Å². The first-order chi connectivity index (χ1) is 7.92. The molecule has 80 valence electrons. The Morgan fingerprint density at radius 3 is 2.75 bits per heavy atom. The van der Waals surface area contributed by atoms with Crippen molar-refractivity contribution in [2.45, 2.75) is 0 Å². The van der Waals surface area contributed by atoms with Crippen molar-refractivity contribution in [3.8, 4) is 5.75 Å². The first kappa shape index (κ1) is 13.4. The molecule has 2 nitrogen and oxygen atoms in total. The number of benzene rings is 2. The van der Waals surface area contributed by atoms with E-state index in [9.17, 15) is 0 Å². The summed E-state index contributed by atoms with van der Waals surface area (Å²) in [4.78, 5) is 0. The molecule has 0 heterocycles. The van der Waals surface area contributed by atoms with Crippen LogP contribution in [0.2, 0.25) is 0 Å². The van der Waals surface area contributed by atoms with E-state index in [1.807, 2.05) is 36.4 Å². The minimum absolute atomic E-state index is 0.266. The SMILES string of the molecule is COCOc1c[c-]cc2ccccc12.[Cl][Zn+]. The quantitative estimate of drug-likeness (QED) is 0.490. The van der Waals surface area contributed by atoms with Crippen LogP contribution in [0.25, 0.3) is 10.8 Å². The van der Waals surface area contributed by atoms with E-state index in [-0.39, 0.29) is 6.79 Å². The maximum atomic E-state index is 5.41. The summed E-state index contributed by atoms with van der Waals surface area (Å²) in [5, 5.41) is 2.21. The Balaban J connectivity index is 0.000000606. The van der Waals surface area contributed by atoms with Gasteiger partial charge in [-0.05, 0) is 0 Å². The molecule has 0 saturated heterocycles. The van der Waals surface area contributed by atoms with Gasteiger partial charge in [0.1, 0.15) is 0 Å². The summed E-state index contributed by atoms with van der Waals surface area (Å²) in [5.41, 5.74) is 0. The van der Waals surface area contributed by atoms with Gasteiger partial charge in [-0.15, -0.1) is 17.5 Å². The fourth-order valence-electron chi connectivity index (χ4n) is 1.37. The van der Waals surface area contributed by atoms with Crippen molar-refractivity contribution in [2.24, 2.45) is 0 Å². The predicted octanol–water partition coefficient (Wildman–Crippen LogP) is 3.31. The molecule has 0 amide bonds. The summed E-state index contributed by atoms with van der Waals surface area (Å²) in [5.74, 6) is 0.810. The van der Waals surface area contributed by atoms with Crippen molar-refractivity contribution < 1.29 is 26.8 Å². The van der Waals surface area contributed by atoms with Gasteiger partial charge < -0.3 is 9.47 Å². The maximum absolute atomic E-state index is 5.41. The second-order valence-corrected chi connectivity index (χ2v) is 2.96. The molecular formula is C12H11ClO2Zn. The summed E-state index contributed by atoms with van der Waals surface area (Å²) in [6.45, 7) is 0.266. The van der Waals surface area contributed by atoms with Gasteiger partial charge in [-0.1, -0.05) is 23.6 Å². The zero-order chi connectivity index (χ0) is 11.8. The molecule has 0 bridgehead atoms. The van der Waals surface area contributed by atoms with Gasteiger partial charge in [0.25, 0.3) is 0 Å². The molecule has 0 fully saturated rings. The van der Waals surface area contributed by atoms with E-state index in [0.29, 0.717) is 0 Å². The van der Waals surface area contributed by atoms with Crippen molar-refractivity contribution in [1.29, 1.82) is 0 Å². The van der Waals surface area contributed by atoms with Gasteiger partial charge in [-0.3, -0.25) is 0 Å². The summed E-state index contributed by atoms with van der Waals surface area (Å²) in [6.07, 6.45) is 0. The van der Waals surface area contributed by atoms with E-state index in [4.69, 9.17) is 19.2 Å². The third kappa shape index (κ3) is 3.45. The molecule has 0 aliphatic rings. The molecule has 2 aromatic rings. The number of hydrogen-bond acceptors (Lipinski definition) is 2. The number of halogens is 1.